The van der Waals surface area contributed by atoms with Crippen molar-refractivity contribution < 1.29 is 14.0 Å². The van der Waals surface area contributed by atoms with Gasteiger partial charge in [0.25, 0.3) is 6.01 Å². The van der Waals surface area contributed by atoms with Gasteiger partial charge >= 0.3 is 0 Å². The van der Waals surface area contributed by atoms with E-state index in [0.29, 0.717) is 16.8 Å². The quantitative estimate of drug-likeness (QED) is 0.563. The Labute approximate surface area is 108 Å². The van der Waals surface area contributed by atoms with Gasteiger partial charge in [-0.1, -0.05) is 0 Å². The van der Waals surface area contributed by atoms with Gasteiger partial charge in [0.1, 0.15) is 18.1 Å². The molecule has 1 aromatic heterocycles. The molecule has 1 atom stereocenters. The van der Waals surface area contributed by atoms with Crippen molar-refractivity contribution in [2.45, 2.75) is 13.0 Å². The molecule has 0 spiro atoms. The number of carbonyl (C=O) groups excluding carboxylic acids is 2. The molecule has 1 unspecified atom stereocenters. The molecule has 7 nitrogen and oxygen atoms in total. The van der Waals surface area contributed by atoms with Crippen LogP contribution in [0.5, 0.6) is 0 Å². The van der Waals surface area contributed by atoms with E-state index in [-0.39, 0.29) is 24.4 Å². The number of fused-ring (bicyclic) bond motifs is 1. The first-order chi connectivity index (χ1) is 9.04. The number of hydrogen-bond acceptors (Lipinski definition) is 6. The second-order valence-corrected chi connectivity index (χ2v) is 4.44. The van der Waals surface area contributed by atoms with Crippen LogP contribution in [0.15, 0.2) is 22.6 Å². The molecule has 0 aliphatic carbocycles. The number of oxazole rings is 1. The monoisotopic (exact) mass is 260 g/mol. The van der Waals surface area contributed by atoms with E-state index in [1.54, 1.807) is 25.1 Å². The number of imide groups is 1. The van der Waals surface area contributed by atoms with Crippen molar-refractivity contribution in [3.63, 3.8) is 0 Å². The van der Waals surface area contributed by atoms with Crippen LogP contribution in [-0.4, -0.2) is 29.4 Å². The molecule has 0 bridgehead atoms. The average molecular weight is 260 g/mol. The van der Waals surface area contributed by atoms with Gasteiger partial charge in [-0.3, -0.25) is 14.9 Å². The highest BCUT2D eigenvalue weighted by molar-refractivity contribution is 6.04. The number of carbonyl (C=O) groups is 2. The number of nitrogens with zero attached hydrogens (tertiary/aromatic N) is 2. The molecule has 3 rings (SSSR count). The van der Waals surface area contributed by atoms with Crippen molar-refractivity contribution in [3.8, 4) is 0 Å². The summed E-state index contributed by atoms with van der Waals surface area (Å²) in [5.41, 5.74) is 7.41. The zero-order valence-corrected chi connectivity index (χ0v) is 10.2. The highest BCUT2D eigenvalue weighted by Gasteiger charge is 2.33. The van der Waals surface area contributed by atoms with Gasteiger partial charge in [0.2, 0.25) is 11.8 Å². The fourth-order valence-corrected chi connectivity index (χ4v) is 2.00. The molecule has 2 heterocycles. The molecular weight excluding hydrogens is 248 g/mol. The maximum atomic E-state index is 11.6. The minimum atomic E-state index is -0.511. The van der Waals surface area contributed by atoms with E-state index < -0.39 is 6.04 Å². The highest BCUT2D eigenvalue weighted by Crippen LogP contribution is 2.25. The molecule has 1 aromatic carbocycles. The molecule has 98 valence electrons. The number of piperazine rings is 1. The van der Waals surface area contributed by atoms with Gasteiger partial charge in [0.15, 0.2) is 5.58 Å². The van der Waals surface area contributed by atoms with E-state index in [1.807, 2.05) is 0 Å². The Hall–Kier alpha value is -2.57. The standard InChI is InChI=1S/C12H12N4O3/c1-6-11(18)15-10(17)5-16(6)12-14-8-4-7(13)2-3-9(8)19-12/h2-4,6H,5,13H2,1H3,(H,15,17,18). The highest BCUT2D eigenvalue weighted by atomic mass is 16.4. The van der Waals surface area contributed by atoms with Gasteiger partial charge in [-0.25, -0.2) is 0 Å². The Morgan fingerprint density at radius 3 is 3.05 bits per heavy atom. The third kappa shape index (κ3) is 1.88. The molecule has 7 heteroatoms. The first kappa shape index (κ1) is 11.5. The molecule has 1 fully saturated rings. The zero-order valence-electron chi connectivity index (χ0n) is 10.2. The normalized spacial score (nSPS) is 19.8. The lowest BCUT2D eigenvalue weighted by Gasteiger charge is -2.29. The maximum absolute atomic E-state index is 11.6. The molecule has 0 saturated carbocycles. The van der Waals surface area contributed by atoms with Gasteiger partial charge < -0.3 is 15.1 Å². The molecular formula is C12H12N4O3. The Bertz CT molecular complexity index is 679. The number of anilines is 2. The Morgan fingerprint density at radius 2 is 2.26 bits per heavy atom. The Balaban J connectivity index is 2.03. The third-order valence-corrected chi connectivity index (χ3v) is 3.07. The number of amides is 2. The third-order valence-electron chi connectivity index (χ3n) is 3.07. The number of nitrogens with two attached hydrogens (primary N) is 1. The number of aromatic nitrogens is 1. The van der Waals surface area contributed by atoms with Gasteiger partial charge in [0, 0.05) is 5.69 Å². The largest absolute Gasteiger partial charge is 0.423 e. The van der Waals surface area contributed by atoms with Crippen LogP contribution in [0.4, 0.5) is 11.7 Å². The fourth-order valence-electron chi connectivity index (χ4n) is 2.00. The number of hydrogen-bond donors (Lipinski definition) is 2. The lowest BCUT2D eigenvalue weighted by Crippen LogP contribution is -2.57. The number of rotatable bonds is 1. The van der Waals surface area contributed by atoms with E-state index in [4.69, 9.17) is 10.2 Å². The Kier molecular flexibility index (Phi) is 2.41. The molecule has 2 aromatic rings. The molecule has 19 heavy (non-hydrogen) atoms. The summed E-state index contributed by atoms with van der Waals surface area (Å²) in [6.45, 7) is 1.72. The smallest absolute Gasteiger partial charge is 0.299 e. The predicted molar refractivity (Wildman–Crippen MR) is 68.4 cm³/mol. The maximum Gasteiger partial charge on any atom is 0.299 e. The summed E-state index contributed by atoms with van der Waals surface area (Å²) in [5, 5.41) is 2.26. The fraction of sp³-hybridized carbons (Fsp3) is 0.250. The van der Waals surface area contributed by atoms with Gasteiger partial charge in [-0.2, -0.15) is 4.98 Å². The summed E-state index contributed by atoms with van der Waals surface area (Å²) in [7, 11) is 0. The molecule has 1 saturated heterocycles. The summed E-state index contributed by atoms with van der Waals surface area (Å²) >= 11 is 0. The van der Waals surface area contributed by atoms with E-state index in [0.717, 1.165) is 0 Å². The van der Waals surface area contributed by atoms with E-state index in [1.165, 1.54) is 4.90 Å². The first-order valence-electron chi connectivity index (χ1n) is 5.81. The van der Waals surface area contributed by atoms with Crippen LogP contribution < -0.4 is 16.0 Å². The van der Waals surface area contributed by atoms with Crippen molar-refractivity contribution in [3.05, 3.63) is 18.2 Å². The van der Waals surface area contributed by atoms with E-state index in [2.05, 4.69) is 10.3 Å². The molecule has 2 amide bonds. The lowest BCUT2D eigenvalue weighted by molar-refractivity contribution is -0.132. The minimum absolute atomic E-state index is 0.0369. The molecule has 1 aliphatic heterocycles. The summed E-state index contributed by atoms with van der Waals surface area (Å²) in [4.78, 5) is 28.8. The summed E-state index contributed by atoms with van der Waals surface area (Å²) in [5.74, 6) is -0.733. The zero-order chi connectivity index (χ0) is 13.6. The van der Waals surface area contributed by atoms with E-state index >= 15 is 0 Å². The SMILES string of the molecule is CC1C(=O)NC(=O)CN1c1nc2cc(N)ccc2o1. The van der Waals surface area contributed by atoms with Crippen LogP contribution in [0.2, 0.25) is 0 Å². The van der Waals surface area contributed by atoms with Crippen LogP contribution in [0.3, 0.4) is 0 Å². The van der Waals surface area contributed by atoms with Crippen molar-refractivity contribution >= 4 is 34.6 Å². The number of benzene rings is 1. The van der Waals surface area contributed by atoms with Crippen molar-refractivity contribution in [1.29, 1.82) is 0 Å². The van der Waals surface area contributed by atoms with Crippen LogP contribution in [-0.2, 0) is 9.59 Å². The first-order valence-corrected chi connectivity index (χ1v) is 5.81. The van der Waals surface area contributed by atoms with E-state index in [9.17, 15) is 9.59 Å². The molecule has 0 radical (unpaired) electrons. The minimum Gasteiger partial charge on any atom is -0.423 e. The lowest BCUT2D eigenvalue weighted by atomic mass is 10.2. The van der Waals surface area contributed by atoms with Crippen molar-refractivity contribution in [2.24, 2.45) is 0 Å². The predicted octanol–water partition coefficient (Wildman–Crippen LogP) is 0.261. The van der Waals surface area contributed by atoms with Crippen LogP contribution in [0.25, 0.3) is 11.1 Å². The number of nitrogen functional groups attached to an aromatic ring is 1. The topological polar surface area (TPSA) is 101 Å². The van der Waals surface area contributed by atoms with Crippen molar-refractivity contribution in [1.82, 2.24) is 10.3 Å². The summed E-state index contributed by atoms with van der Waals surface area (Å²) < 4.78 is 5.56. The second-order valence-electron chi connectivity index (χ2n) is 4.44. The average Bonchev–Trinajstić information content (AvgIpc) is 2.76. The van der Waals surface area contributed by atoms with Gasteiger partial charge in [0.05, 0.1) is 0 Å². The van der Waals surface area contributed by atoms with Crippen LogP contribution in [0.1, 0.15) is 6.92 Å². The van der Waals surface area contributed by atoms with Crippen LogP contribution in [0, 0.1) is 0 Å². The second kappa shape index (κ2) is 3.98. The van der Waals surface area contributed by atoms with Gasteiger partial charge in [-0.15, -0.1) is 0 Å². The van der Waals surface area contributed by atoms with Gasteiger partial charge in [-0.05, 0) is 25.1 Å². The molecule has 3 N–H and O–H groups in total. The summed E-state index contributed by atoms with van der Waals surface area (Å²) in [6, 6.07) is 4.82. The Morgan fingerprint density at radius 1 is 1.47 bits per heavy atom. The molecule has 1 aliphatic rings. The summed E-state index contributed by atoms with van der Waals surface area (Å²) in [6.07, 6.45) is 0. The van der Waals surface area contributed by atoms with Crippen molar-refractivity contribution in [2.75, 3.05) is 17.2 Å². The number of nitrogens with one attached hydrogen (secondary N) is 1. The van der Waals surface area contributed by atoms with Crippen LogP contribution >= 0.6 is 0 Å².